The highest BCUT2D eigenvalue weighted by atomic mass is 16.5. The molecule has 4 saturated carbocycles. The van der Waals surface area contributed by atoms with Crippen LogP contribution in [0.1, 0.15) is 105 Å². The van der Waals surface area contributed by atoms with Crippen molar-refractivity contribution in [3.05, 3.63) is 41.5 Å². The van der Waals surface area contributed by atoms with Gasteiger partial charge in [-0.1, -0.05) is 59.3 Å². The van der Waals surface area contributed by atoms with Gasteiger partial charge < -0.3 is 24.8 Å². The van der Waals surface area contributed by atoms with E-state index in [1.807, 2.05) is 0 Å². The van der Waals surface area contributed by atoms with E-state index in [0.29, 0.717) is 35.3 Å². The number of hydrogen-bond donors (Lipinski definition) is 3. The number of phenolic OH excluding ortho intramolecular Hbond substituents is 1. The summed E-state index contributed by atoms with van der Waals surface area (Å²) in [5.74, 6) is 2.19. The van der Waals surface area contributed by atoms with E-state index < -0.39 is 11.5 Å². The zero-order valence-corrected chi connectivity index (χ0v) is 29.4. The van der Waals surface area contributed by atoms with Crippen LogP contribution in [0.3, 0.4) is 0 Å². The van der Waals surface area contributed by atoms with Crippen LogP contribution in [0.2, 0.25) is 0 Å². The Morgan fingerprint density at radius 3 is 2.46 bits per heavy atom. The molecule has 3 N–H and O–H groups in total. The first-order valence-corrected chi connectivity index (χ1v) is 17.8. The summed E-state index contributed by atoms with van der Waals surface area (Å²) in [5, 5.41) is 32.7. The van der Waals surface area contributed by atoms with Crippen LogP contribution in [0.25, 0.3) is 6.08 Å². The van der Waals surface area contributed by atoms with Gasteiger partial charge in [-0.25, -0.2) is 4.79 Å². The number of aromatic hydroxyl groups is 1. The molecule has 0 aromatic heterocycles. The Morgan fingerprint density at radius 2 is 1.76 bits per heavy atom. The highest BCUT2D eigenvalue weighted by Gasteiger charge is 2.71. The number of hydrogen-bond acceptors (Lipinski definition) is 6. The molecule has 0 unspecified atom stereocenters. The van der Waals surface area contributed by atoms with Crippen LogP contribution >= 0.6 is 0 Å². The van der Waals surface area contributed by atoms with Crippen molar-refractivity contribution < 1.29 is 29.6 Å². The third-order valence-corrected chi connectivity index (χ3v) is 15.5. The van der Waals surface area contributed by atoms with Gasteiger partial charge in [0.15, 0.2) is 11.5 Å². The van der Waals surface area contributed by atoms with E-state index in [0.717, 1.165) is 50.5 Å². The third-order valence-electron chi connectivity index (χ3n) is 15.5. The van der Waals surface area contributed by atoms with Crippen molar-refractivity contribution >= 4 is 12.0 Å². The Labute approximate surface area is 276 Å². The topological polar surface area (TPSA) is 96.2 Å². The van der Waals surface area contributed by atoms with Crippen LogP contribution in [-0.4, -0.2) is 47.2 Å². The molecule has 0 spiro atoms. The second-order valence-corrected chi connectivity index (χ2v) is 17.3. The van der Waals surface area contributed by atoms with Gasteiger partial charge >= 0.3 is 5.97 Å². The highest BCUT2D eigenvalue weighted by molar-refractivity contribution is 5.87. The lowest BCUT2D eigenvalue weighted by Crippen LogP contribution is -2.70. The van der Waals surface area contributed by atoms with Crippen LogP contribution < -0.4 is 4.74 Å². The van der Waals surface area contributed by atoms with Crippen LogP contribution in [0, 0.1) is 56.7 Å². The molecule has 0 radical (unpaired) electrons. The van der Waals surface area contributed by atoms with Crippen molar-refractivity contribution in [3.63, 3.8) is 0 Å². The smallest absolute Gasteiger partial charge is 0.331 e. The quantitative estimate of drug-likeness (QED) is 0.173. The summed E-state index contributed by atoms with van der Waals surface area (Å²) in [6, 6.07) is 5.00. The van der Waals surface area contributed by atoms with Gasteiger partial charge in [0, 0.05) is 16.9 Å². The first-order valence-electron chi connectivity index (χ1n) is 17.8. The number of allylic oxidation sites excluding steroid dienone is 2. The fourth-order valence-electron chi connectivity index (χ4n) is 12.7. The van der Waals surface area contributed by atoms with E-state index in [1.54, 1.807) is 24.3 Å². The highest BCUT2D eigenvalue weighted by Crippen LogP contribution is 2.76. The molecule has 11 atom stereocenters. The Morgan fingerprint density at radius 1 is 1.02 bits per heavy atom. The summed E-state index contributed by atoms with van der Waals surface area (Å²) < 4.78 is 11.4. The SMILES string of the molecule is COc1cc(C=CC(=O)O[C@H]2CC[C@]3(C)[C@H]4CC[C@@H]5[C@H]6[C@H](C)C(C)=CC[C@]6(CO)[C@@H](O)C[C@@]5(C)[C@]4(C)CC[C@H]3C2(C)C)ccc1O. The van der Waals surface area contributed by atoms with Crippen LogP contribution in [-0.2, 0) is 9.53 Å². The molecule has 5 aliphatic carbocycles. The lowest BCUT2D eigenvalue weighted by molar-refractivity contribution is -0.274. The van der Waals surface area contributed by atoms with E-state index in [4.69, 9.17) is 9.47 Å². The van der Waals surface area contributed by atoms with Crippen molar-refractivity contribution in [3.8, 4) is 11.5 Å². The maximum atomic E-state index is 13.1. The molecular formula is C40H58O6. The molecule has 6 heteroatoms. The molecule has 0 amide bonds. The number of aliphatic hydroxyl groups excluding tert-OH is 2. The Bertz CT molecular complexity index is 1410. The number of ether oxygens (including phenoxy) is 2. The zero-order valence-electron chi connectivity index (χ0n) is 29.4. The van der Waals surface area contributed by atoms with Gasteiger partial charge in [0.2, 0.25) is 0 Å². The number of aliphatic hydroxyl groups is 2. The minimum Gasteiger partial charge on any atom is -0.504 e. The van der Waals surface area contributed by atoms with Crippen molar-refractivity contribution in [2.24, 2.45) is 56.7 Å². The maximum absolute atomic E-state index is 13.1. The molecule has 5 aliphatic rings. The summed E-state index contributed by atoms with van der Waals surface area (Å²) in [5.41, 5.74) is 1.78. The Kier molecular flexibility index (Phi) is 8.32. The Balaban J connectivity index is 1.23. The monoisotopic (exact) mass is 634 g/mol. The van der Waals surface area contributed by atoms with Gasteiger partial charge in [-0.15, -0.1) is 0 Å². The molecule has 46 heavy (non-hydrogen) atoms. The first kappa shape index (κ1) is 33.6. The lowest BCUT2D eigenvalue weighted by Gasteiger charge is -2.74. The van der Waals surface area contributed by atoms with Crippen molar-refractivity contribution in [1.29, 1.82) is 0 Å². The molecule has 1 aromatic carbocycles. The number of carbonyl (C=O) groups excluding carboxylic acids is 1. The number of fused-ring (bicyclic) bond motifs is 7. The summed E-state index contributed by atoms with van der Waals surface area (Å²) in [6.07, 6.45) is 12.8. The first-order chi connectivity index (χ1) is 21.6. The molecule has 6 nitrogen and oxygen atoms in total. The maximum Gasteiger partial charge on any atom is 0.331 e. The van der Waals surface area contributed by atoms with Crippen LogP contribution in [0.15, 0.2) is 35.9 Å². The largest absolute Gasteiger partial charge is 0.504 e. The van der Waals surface area contributed by atoms with Crippen molar-refractivity contribution in [2.45, 2.75) is 112 Å². The summed E-state index contributed by atoms with van der Waals surface area (Å²) in [6.45, 7) is 16.9. The second-order valence-electron chi connectivity index (χ2n) is 17.3. The second kappa shape index (κ2) is 11.4. The van der Waals surface area contributed by atoms with E-state index in [2.05, 4.69) is 54.5 Å². The van der Waals surface area contributed by atoms with Gasteiger partial charge in [-0.2, -0.15) is 0 Å². The normalized spacial score (nSPS) is 44.7. The van der Waals surface area contributed by atoms with Gasteiger partial charge in [0.25, 0.3) is 0 Å². The molecule has 0 bridgehead atoms. The number of rotatable bonds is 5. The van der Waals surface area contributed by atoms with Crippen molar-refractivity contribution in [2.75, 3.05) is 13.7 Å². The van der Waals surface area contributed by atoms with E-state index in [9.17, 15) is 20.1 Å². The molecule has 6 rings (SSSR count). The number of benzene rings is 1. The average molecular weight is 635 g/mol. The summed E-state index contributed by atoms with van der Waals surface area (Å²) in [4.78, 5) is 13.1. The molecule has 0 heterocycles. The van der Waals surface area contributed by atoms with E-state index in [-0.39, 0.29) is 46.1 Å². The molecule has 254 valence electrons. The van der Waals surface area contributed by atoms with Gasteiger partial charge in [-0.05, 0) is 128 Å². The molecule has 0 aliphatic heterocycles. The molecule has 1 aromatic rings. The summed E-state index contributed by atoms with van der Waals surface area (Å²) in [7, 11) is 1.51. The lowest BCUT2D eigenvalue weighted by atomic mass is 9.31. The van der Waals surface area contributed by atoms with Crippen molar-refractivity contribution in [1.82, 2.24) is 0 Å². The van der Waals surface area contributed by atoms with E-state index in [1.165, 1.54) is 25.2 Å². The molecular weight excluding hydrogens is 576 g/mol. The fraction of sp³-hybridized carbons (Fsp3) is 0.725. The average Bonchev–Trinajstić information content (AvgIpc) is 3.00. The summed E-state index contributed by atoms with van der Waals surface area (Å²) >= 11 is 0. The van der Waals surface area contributed by atoms with Gasteiger partial charge in [0.1, 0.15) is 6.10 Å². The standard InChI is InChI=1S/C40H58O6/c1-24-15-20-40(23-41)32(43)22-39(7)27(35(40)25(24)2)11-13-31-37(5)18-17-33(36(3,4)30(37)16-19-38(31,39)6)46-34(44)14-10-26-9-12-28(42)29(21-26)45-8/h9-10,12,14-15,21,25,27,30-33,35,41-43H,11,13,16-20,22-23H2,1-8H3/t25-,27-,30+,31-,32+,33+,35-,37+,38-,39-,40+/m1/s1. The van der Waals surface area contributed by atoms with E-state index >= 15 is 0 Å². The van der Waals surface area contributed by atoms with Crippen LogP contribution in [0.4, 0.5) is 0 Å². The predicted octanol–water partition coefficient (Wildman–Crippen LogP) is 7.95. The number of methoxy groups -OCH3 is 1. The number of phenols is 1. The number of carbonyl (C=O) groups is 1. The fourth-order valence-corrected chi connectivity index (χ4v) is 12.7. The molecule has 0 saturated heterocycles. The Hall–Kier alpha value is -2.31. The van der Waals surface area contributed by atoms with Crippen LogP contribution in [0.5, 0.6) is 11.5 Å². The molecule has 4 fully saturated rings. The minimum absolute atomic E-state index is 0.00626. The zero-order chi connectivity index (χ0) is 33.4. The van der Waals surface area contributed by atoms with Gasteiger partial charge in [-0.3, -0.25) is 0 Å². The number of esters is 1. The third kappa shape index (κ3) is 4.66. The minimum atomic E-state index is -0.501. The predicted molar refractivity (Wildman–Crippen MR) is 181 cm³/mol. The van der Waals surface area contributed by atoms with Gasteiger partial charge in [0.05, 0.1) is 19.8 Å².